The Morgan fingerprint density at radius 1 is 1.17 bits per heavy atom. The lowest BCUT2D eigenvalue weighted by Crippen LogP contribution is -2.05. The molecule has 2 aromatic rings. The van der Waals surface area contributed by atoms with E-state index in [1.165, 1.54) is 11.1 Å². The summed E-state index contributed by atoms with van der Waals surface area (Å²) in [6.07, 6.45) is 0.864. The quantitative estimate of drug-likeness (QED) is 0.841. The highest BCUT2D eigenvalue weighted by Crippen LogP contribution is 2.27. The Kier molecular flexibility index (Phi) is 3.85. The molecule has 3 nitrogen and oxygen atoms in total. The molecule has 1 aromatic carbocycles. The first-order chi connectivity index (χ1) is 8.54. The predicted octanol–water partition coefficient (Wildman–Crippen LogP) is 3.51. The number of hydrogen-bond acceptors (Lipinski definition) is 3. The number of rotatable bonds is 2. The van der Waals surface area contributed by atoms with Crippen molar-refractivity contribution in [2.45, 2.75) is 27.2 Å². The molecule has 2 rings (SSSR count). The molecule has 0 fully saturated rings. The Labute approximate surface area is 121 Å². The van der Waals surface area contributed by atoms with E-state index in [4.69, 9.17) is 5.73 Å². The van der Waals surface area contributed by atoms with Crippen LogP contribution in [0.2, 0.25) is 0 Å². The normalized spacial score (nSPS) is 10.7. The molecule has 0 aliphatic rings. The van der Waals surface area contributed by atoms with Crippen LogP contribution in [0.1, 0.15) is 23.7 Å². The SMILES string of the molecule is CCc1nc(-c2c(C)cccc2C)nc(N)c1I. The fraction of sp³-hybridized carbons (Fsp3) is 0.286. The first kappa shape index (κ1) is 13.3. The molecule has 1 heterocycles. The summed E-state index contributed by atoms with van der Waals surface area (Å²) in [7, 11) is 0. The molecule has 0 bridgehead atoms. The average molecular weight is 353 g/mol. The standard InChI is InChI=1S/C14H16IN3/c1-4-10-12(15)13(16)18-14(17-10)11-8(2)6-5-7-9(11)3/h5-7H,4H2,1-3H3,(H2,16,17,18). The van der Waals surface area contributed by atoms with Gasteiger partial charge in [-0.2, -0.15) is 0 Å². The third-order valence-electron chi connectivity index (χ3n) is 2.99. The summed E-state index contributed by atoms with van der Waals surface area (Å²) < 4.78 is 0.963. The van der Waals surface area contributed by atoms with Crippen molar-refractivity contribution < 1.29 is 0 Å². The van der Waals surface area contributed by atoms with E-state index in [9.17, 15) is 0 Å². The lowest BCUT2D eigenvalue weighted by Gasteiger charge is -2.11. The second-order valence-electron chi connectivity index (χ2n) is 4.31. The van der Waals surface area contributed by atoms with Gasteiger partial charge in [-0.25, -0.2) is 9.97 Å². The molecule has 0 aliphatic carbocycles. The van der Waals surface area contributed by atoms with Crippen LogP contribution in [-0.4, -0.2) is 9.97 Å². The van der Waals surface area contributed by atoms with Crippen molar-refractivity contribution in [1.29, 1.82) is 0 Å². The second kappa shape index (κ2) is 5.22. The summed E-state index contributed by atoms with van der Waals surface area (Å²) in [6.45, 7) is 6.23. The Morgan fingerprint density at radius 3 is 2.33 bits per heavy atom. The van der Waals surface area contributed by atoms with Crippen LogP contribution in [0, 0.1) is 17.4 Å². The van der Waals surface area contributed by atoms with Crippen molar-refractivity contribution in [1.82, 2.24) is 9.97 Å². The molecular weight excluding hydrogens is 337 g/mol. The van der Waals surface area contributed by atoms with Crippen LogP contribution in [0.25, 0.3) is 11.4 Å². The predicted molar refractivity (Wildman–Crippen MR) is 83.4 cm³/mol. The van der Waals surface area contributed by atoms with Crippen LogP contribution in [0.5, 0.6) is 0 Å². The number of nitrogen functional groups attached to an aromatic ring is 1. The number of aromatic nitrogens is 2. The number of benzene rings is 1. The Bertz CT molecular complexity index is 574. The third-order valence-corrected chi connectivity index (χ3v) is 4.16. The highest BCUT2D eigenvalue weighted by molar-refractivity contribution is 14.1. The van der Waals surface area contributed by atoms with Crippen molar-refractivity contribution in [2.24, 2.45) is 0 Å². The zero-order valence-electron chi connectivity index (χ0n) is 10.8. The largest absolute Gasteiger partial charge is 0.383 e. The summed E-state index contributed by atoms with van der Waals surface area (Å²) in [5.41, 5.74) is 10.4. The first-order valence-electron chi connectivity index (χ1n) is 5.93. The van der Waals surface area contributed by atoms with Gasteiger partial charge in [-0.3, -0.25) is 0 Å². The van der Waals surface area contributed by atoms with Crippen LogP contribution in [0.4, 0.5) is 5.82 Å². The van der Waals surface area contributed by atoms with Gasteiger partial charge in [0.2, 0.25) is 0 Å². The van der Waals surface area contributed by atoms with Crippen LogP contribution < -0.4 is 5.73 Å². The van der Waals surface area contributed by atoms with Gasteiger partial charge < -0.3 is 5.73 Å². The highest BCUT2D eigenvalue weighted by Gasteiger charge is 2.13. The maximum atomic E-state index is 5.98. The molecule has 0 spiro atoms. The Morgan fingerprint density at radius 2 is 1.78 bits per heavy atom. The summed E-state index contributed by atoms with van der Waals surface area (Å²) in [6, 6.07) is 6.20. The highest BCUT2D eigenvalue weighted by atomic mass is 127. The van der Waals surface area contributed by atoms with Gasteiger partial charge in [0.25, 0.3) is 0 Å². The van der Waals surface area contributed by atoms with Crippen LogP contribution in [-0.2, 0) is 6.42 Å². The van der Waals surface area contributed by atoms with E-state index >= 15 is 0 Å². The molecule has 18 heavy (non-hydrogen) atoms. The topological polar surface area (TPSA) is 51.8 Å². The smallest absolute Gasteiger partial charge is 0.162 e. The molecule has 4 heteroatoms. The summed E-state index contributed by atoms with van der Waals surface area (Å²) >= 11 is 2.21. The van der Waals surface area contributed by atoms with E-state index in [-0.39, 0.29) is 0 Å². The molecule has 0 atom stereocenters. The molecule has 94 valence electrons. The Hall–Kier alpha value is -1.17. The van der Waals surface area contributed by atoms with Crippen LogP contribution in [0.15, 0.2) is 18.2 Å². The van der Waals surface area contributed by atoms with Crippen molar-refractivity contribution in [2.75, 3.05) is 5.73 Å². The van der Waals surface area contributed by atoms with Crippen LogP contribution in [0.3, 0.4) is 0 Å². The van der Waals surface area contributed by atoms with Crippen molar-refractivity contribution >= 4 is 28.4 Å². The Balaban J connectivity index is 2.68. The van der Waals surface area contributed by atoms with Gasteiger partial charge in [-0.1, -0.05) is 25.1 Å². The maximum absolute atomic E-state index is 5.98. The zero-order valence-corrected chi connectivity index (χ0v) is 12.9. The average Bonchev–Trinajstić information content (AvgIpc) is 2.33. The molecule has 0 saturated heterocycles. The third kappa shape index (κ3) is 2.34. The van der Waals surface area contributed by atoms with E-state index < -0.39 is 0 Å². The van der Waals surface area contributed by atoms with Gasteiger partial charge in [-0.05, 0) is 54.0 Å². The number of halogens is 1. The zero-order chi connectivity index (χ0) is 13.3. The number of aryl methyl sites for hydroxylation is 3. The van der Waals surface area contributed by atoms with Gasteiger partial charge in [0, 0.05) is 5.56 Å². The second-order valence-corrected chi connectivity index (χ2v) is 5.39. The minimum absolute atomic E-state index is 0.570. The number of hydrogen-bond donors (Lipinski definition) is 1. The molecule has 0 aliphatic heterocycles. The minimum atomic E-state index is 0.570. The molecule has 0 saturated carbocycles. The van der Waals surface area contributed by atoms with Gasteiger partial charge in [0.15, 0.2) is 5.82 Å². The lowest BCUT2D eigenvalue weighted by atomic mass is 10.0. The van der Waals surface area contributed by atoms with E-state index in [1.54, 1.807) is 0 Å². The van der Waals surface area contributed by atoms with E-state index in [0.29, 0.717) is 5.82 Å². The molecular formula is C14H16IN3. The van der Waals surface area contributed by atoms with E-state index in [1.807, 2.05) is 6.07 Å². The fourth-order valence-corrected chi connectivity index (χ4v) is 2.65. The number of anilines is 1. The molecule has 2 N–H and O–H groups in total. The molecule has 1 aromatic heterocycles. The fourth-order valence-electron chi connectivity index (χ4n) is 2.03. The summed E-state index contributed by atoms with van der Waals surface area (Å²) in [5, 5.41) is 0. The maximum Gasteiger partial charge on any atom is 0.162 e. The van der Waals surface area contributed by atoms with Crippen molar-refractivity contribution in [3.63, 3.8) is 0 Å². The lowest BCUT2D eigenvalue weighted by molar-refractivity contribution is 0.991. The van der Waals surface area contributed by atoms with Gasteiger partial charge >= 0.3 is 0 Å². The van der Waals surface area contributed by atoms with Crippen LogP contribution >= 0.6 is 22.6 Å². The minimum Gasteiger partial charge on any atom is -0.383 e. The molecule has 0 unspecified atom stereocenters. The number of nitrogens with two attached hydrogens (primary N) is 1. The van der Waals surface area contributed by atoms with Gasteiger partial charge in [0.05, 0.1) is 9.26 Å². The van der Waals surface area contributed by atoms with E-state index in [2.05, 4.69) is 65.5 Å². The molecule has 0 radical (unpaired) electrons. The molecule has 0 amide bonds. The first-order valence-corrected chi connectivity index (χ1v) is 7.01. The van der Waals surface area contributed by atoms with Gasteiger partial charge in [-0.15, -0.1) is 0 Å². The summed E-state index contributed by atoms with van der Waals surface area (Å²) in [4.78, 5) is 9.08. The van der Waals surface area contributed by atoms with Crippen molar-refractivity contribution in [3.05, 3.63) is 38.6 Å². The summed E-state index contributed by atoms with van der Waals surface area (Å²) in [5.74, 6) is 1.31. The van der Waals surface area contributed by atoms with E-state index in [0.717, 1.165) is 27.1 Å². The number of nitrogens with zero attached hydrogens (tertiary/aromatic N) is 2. The monoisotopic (exact) mass is 353 g/mol. The van der Waals surface area contributed by atoms with Gasteiger partial charge in [0.1, 0.15) is 5.82 Å². The van der Waals surface area contributed by atoms with Crippen molar-refractivity contribution in [3.8, 4) is 11.4 Å².